The number of hydrogen-bond donors (Lipinski definition) is 1. The quantitative estimate of drug-likeness (QED) is 0.458. The van der Waals surface area contributed by atoms with E-state index in [1.165, 1.54) is 0 Å². The first kappa shape index (κ1) is 11.0. The van der Waals surface area contributed by atoms with E-state index in [2.05, 4.69) is 5.32 Å². The molecule has 0 fully saturated rings. The van der Waals surface area contributed by atoms with Crippen molar-refractivity contribution in [3.63, 3.8) is 0 Å². The summed E-state index contributed by atoms with van der Waals surface area (Å²) in [5, 5.41) is 2.51. The van der Waals surface area contributed by atoms with Crippen molar-refractivity contribution in [2.24, 2.45) is 0 Å². The van der Waals surface area contributed by atoms with E-state index >= 15 is 0 Å². The molecule has 0 atom stereocenters. The second-order valence-electron chi connectivity index (χ2n) is 2.71. The Kier molecular flexibility index (Phi) is 5.04. The van der Waals surface area contributed by atoms with Crippen molar-refractivity contribution in [3.8, 4) is 0 Å². The maximum Gasteiger partial charge on any atom is 0.236 e. The van der Waals surface area contributed by atoms with Crippen LogP contribution in [0.15, 0.2) is 30.3 Å². The highest BCUT2D eigenvalue weighted by Gasteiger charge is 1.96. The van der Waals surface area contributed by atoms with Gasteiger partial charge in [0.05, 0.1) is 6.61 Å². The van der Waals surface area contributed by atoms with Crippen LogP contribution in [0.3, 0.4) is 0 Å². The fourth-order valence-electron chi connectivity index (χ4n) is 0.922. The molecule has 4 heteroatoms. The van der Waals surface area contributed by atoms with Gasteiger partial charge >= 0.3 is 0 Å². The number of benzene rings is 1. The normalized spacial score (nSPS) is 9.79. The molecule has 0 bridgehead atoms. The first-order valence-electron chi connectivity index (χ1n) is 4.27. The Morgan fingerprint density at radius 2 is 2.07 bits per heavy atom. The molecule has 3 nitrogen and oxygen atoms in total. The summed E-state index contributed by atoms with van der Waals surface area (Å²) in [6, 6.07) is 9.75. The van der Waals surface area contributed by atoms with Crippen LogP contribution in [-0.2, 0) is 16.1 Å². The summed E-state index contributed by atoms with van der Waals surface area (Å²) in [4.78, 5) is 10.7. The second kappa shape index (κ2) is 6.40. The largest absolute Gasteiger partial charge is 0.357 e. The molecule has 0 saturated carbocycles. The van der Waals surface area contributed by atoms with Crippen LogP contribution in [0.5, 0.6) is 0 Å². The second-order valence-corrected chi connectivity index (χ2v) is 2.98. The number of amides is 1. The van der Waals surface area contributed by atoms with Gasteiger partial charge in [-0.15, -0.1) is 11.6 Å². The van der Waals surface area contributed by atoms with Crippen LogP contribution in [0.1, 0.15) is 5.56 Å². The smallest absolute Gasteiger partial charge is 0.236 e. The lowest BCUT2D eigenvalue weighted by molar-refractivity contribution is -0.120. The Morgan fingerprint density at radius 1 is 1.36 bits per heavy atom. The molecule has 0 spiro atoms. The summed E-state index contributed by atoms with van der Waals surface area (Å²) >= 11 is 5.28. The Bertz CT molecular complexity index is 277. The average Bonchev–Trinajstić information content (AvgIpc) is 2.25. The molecule has 1 aromatic rings. The maximum absolute atomic E-state index is 10.7. The van der Waals surface area contributed by atoms with Gasteiger partial charge in [0, 0.05) is 0 Å². The first-order chi connectivity index (χ1) is 6.83. The Hall–Kier alpha value is -1.06. The van der Waals surface area contributed by atoms with Crippen molar-refractivity contribution in [1.29, 1.82) is 0 Å². The van der Waals surface area contributed by atoms with E-state index in [0.29, 0.717) is 6.61 Å². The highest BCUT2D eigenvalue weighted by atomic mass is 35.5. The third-order valence-corrected chi connectivity index (χ3v) is 1.85. The van der Waals surface area contributed by atoms with Crippen molar-refractivity contribution >= 4 is 17.5 Å². The number of hydrogen-bond acceptors (Lipinski definition) is 2. The van der Waals surface area contributed by atoms with E-state index < -0.39 is 0 Å². The van der Waals surface area contributed by atoms with Gasteiger partial charge in [-0.25, -0.2) is 0 Å². The molecule has 0 saturated heterocycles. The minimum Gasteiger partial charge on any atom is -0.357 e. The molecule has 0 aromatic heterocycles. The van der Waals surface area contributed by atoms with Gasteiger partial charge in [-0.05, 0) is 5.56 Å². The summed E-state index contributed by atoms with van der Waals surface area (Å²) in [6.45, 7) is 0.684. The van der Waals surface area contributed by atoms with Gasteiger partial charge in [-0.2, -0.15) is 0 Å². The van der Waals surface area contributed by atoms with Crippen LogP contribution in [-0.4, -0.2) is 18.5 Å². The molecule has 1 aromatic carbocycles. The molecular formula is C10H12ClNO2. The summed E-state index contributed by atoms with van der Waals surface area (Å²) in [5.41, 5.74) is 1.08. The standard InChI is InChI=1S/C10H12ClNO2/c11-6-10(13)12-8-14-7-9-4-2-1-3-5-9/h1-5H,6-8H2,(H,12,13). The van der Waals surface area contributed by atoms with Gasteiger partial charge in [0.15, 0.2) is 0 Å². The van der Waals surface area contributed by atoms with E-state index in [0.717, 1.165) is 5.56 Å². The number of ether oxygens (including phenoxy) is 1. The van der Waals surface area contributed by atoms with Gasteiger partial charge in [-0.3, -0.25) is 4.79 Å². The number of rotatable bonds is 5. The van der Waals surface area contributed by atoms with E-state index in [9.17, 15) is 4.79 Å². The molecule has 1 amide bonds. The minimum absolute atomic E-state index is 0.0330. The zero-order valence-electron chi connectivity index (χ0n) is 7.70. The molecule has 0 heterocycles. The Labute approximate surface area is 88.0 Å². The molecular weight excluding hydrogens is 202 g/mol. The summed E-state index contributed by atoms with van der Waals surface area (Å²) < 4.78 is 5.20. The van der Waals surface area contributed by atoms with Crippen molar-refractivity contribution in [1.82, 2.24) is 5.32 Å². The summed E-state index contributed by atoms with van der Waals surface area (Å²) in [7, 11) is 0. The zero-order valence-corrected chi connectivity index (χ0v) is 8.46. The Balaban J connectivity index is 2.13. The minimum atomic E-state index is -0.222. The average molecular weight is 214 g/mol. The number of nitrogens with one attached hydrogen (secondary N) is 1. The fraction of sp³-hybridized carbons (Fsp3) is 0.300. The number of halogens is 1. The summed E-state index contributed by atoms with van der Waals surface area (Å²) in [5.74, 6) is -0.256. The number of carbonyl (C=O) groups is 1. The van der Waals surface area contributed by atoms with E-state index in [1.54, 1.807) is 0 Å². The van der Waals surface area contributed by atoms with Crippen LogP contribution in [0.4, 0.5) is 0 Å². The van der Waals surface area contributed by atoms with Crippen LogP contribution in [0.2, 0.25) is 0 Å². The van der Waals surface area contributed by atoms with Crippen LogP contribution < -0.4 is 5.32 Å². The van der Waals surface area contributed by atoms with Crippen molar-refractivity contribution in [2.45, 2.75) is 6.61 Å². The van der Waals surface area contributed by atoms with Crippen LogP contribution in [0, 0.1) is 0 Å². The third-order valence-electron chi connectivity index (χ3n) is 1.60. The molecule has 0 unspecified atom stereocenters. The van der Waals surface area contributed by atoms with Crippen molar-refractivity contribution in [2.75, 3.05) is 12.6 Å². The molecule has 1 N–H and O–H groups in total. The van der Waals surface area contributed by atoms with Crippen molar-refractivity contribution in [3.05, 3.63) is 35.9 Å². The highest BCUT2D eigenvalue weighted by molar-refractivity contribution is 6.27. The molecule has 0 aliphatic heterocycles. The number of alkyl halides is 1. The van der Waals surface area contributed by atoms with E-state index in [-0.39, 0.29) is 18.5 Å². The lowest BCUT2D eigenvalue weighted by Crippen LogP contribution is -2.26. The van der Waals surface area contributed by atoms with Gasteiger partial charge in [0.2, 0.25) is 5.91 Å². The Morgan fingerprint density at radius 3 is 2.71 bits per heavy atom. The predicted octanol–water partition coefficient (Wildman–Crippen LogP) is 1.52. The van der Waals surface area contributed by atoms with Gasteiger partial charge in [0.25, 0.3) is 0 Å². The van der Waals surface area contributed by atoms with Gasteiger partial charge < -0.3 is 10.1 Å². The monoisotopic (exact) mass is 213 g/mol. The molecule has 14 heavy (non-hydrogen) atoms. The topological polar surface area (TPSA) is 38.3 Å². The molecule has 76 valence electrons. The first-order valence-corrected chi connectivity index (χ1v) is 4.80. The van der Waals surface area contributed by atoms with Crippen molar-refractivity contribution < 1.29 is 9.53 Å². The van der Waals surface area contributed by atoms with Crippen LogP contribution in [0.25, 0.3) is 0 Å². The van der Waals surface area contributed by atoms with Gasteiger partial charge in [0.1, 0.15) is 12.6 Å². The summed E-state index contributed by atoms with van der Waals surface area (Å²) in [6.07, 6.45) is 0. The SMILES string of the molecule is O=C(CCl)NCOCc1ccccc1. The van der Waals surface area contributed by atoms with Crippen LogP contribution >= 0.6 is 11.6 Å². The third kappa shape index (κ3) is 4.25. The van der Waals surface area contributed by atoms with E-state index in [1.807, 2.05) is 30.3 Å². The zero-order chi connectivity index (χ0) is 10.2. The fourth-order valence-corrected chi connectivity index (χ4v) is 1.02. The maximum atomic E-state index is 10.7. The molecule has 0 radical (unpaired) electrons. The van der Waals surface area contributed by atoms with E-state index in [4.69, 9.17) is 16.3 Å². The highest BCUT2D eigenvalue weighted by Crippen LogP contribution is 1.99. The van der Waals surface area contributed by atoms with Gasteiger partial charge in [-0.1, -0.05) is 30.3 Å². The number of carbonyl (C=O) groups excluding carboxylic acids is 1. The molecule has 0 aliphatic rings. The lowest BCUT2D eigenvalue weighted by Gasteiger charge is -2.04. The molecule has 0 aliphatic carbocycles. The molecule has 1 rings (SSSR count). The predicted molar refractivity (Wildman–Crippen MR) is 55.0 cm³/mol. The lowest BCUT2D eigenvalue weighted by atomic mass is 10.2.